The molecule has 0 aliphatic heterocycles. The zero-order valence-corrected chi connectivity index (χ0v) is 10.5. The van der Waals surface area contributed by atoms with Gasteiger partial charge in [-0.15, -0.1) is 11.3 Å². The number of H-pyrrole nitrogens is 1. The van der Waals surface area contributed by atoms with Crippen LogP contribution >= 0.6 is 11.3 Å². The SMILES string of the molecule is CC(=O)Nc1ccc(C(=O)NCc2ncc[nH]2)s1. The van der Waals surface area contributed by atoms with E-state index in [0.717, 1.165) is 0 Å². The zero-order valence-electron chi connectivity index (χ0n) is 9.69. The van der Waals surface area contributed by atoms with Crippen LogP contribution in [0.25, 0.3) is 0 Å². The first-order chi connectivity index (χ1) is 8.65. The average molecular weight is 264 g/mol. The number of carbonyl (C=O) groups is 2. The van der Waals surface area contributed by atoms with E-state index in [1.807, 2.05) is 0 Å². The summed E-state index contributed by atoms with van der Waals surface area (Å²) < 4.78 is 0. The summed E-state index contributed by atoms with van der Waals surface area (Å²) in [6, 6.07) is 3.38. The van der Waals surface area contributed by atoms with Gasteiger partial charge in [0.1, 0.15) is 5.82 Å². The van der Waals surface area contributed by atoms with Crippen LogP contribution in [0.15, 0.2) is 24.5 Å². The van der Waals surface area contributed by atoms with Gasteiger partial charge in [0.2, 0.25) is 5.91 Å². The third kappa shape index (κ3) is 3.17. The molecule has 0 unspecified atom stereocenters. The van der Waals surface area contributed by atoms with Crippen molar-refractivity contribution in [3.05, 3.63) is 35.2 Å². The number of anilines is 1. The lowest BCUT2D eigenvalue weighted by molar-refractivity contribution is -0.114. The van der Waals surface area contributed by atoms with E-state index in [0.29, 0.717) is 22.2 Å². The first-order valence-corrected chi connectivity index (χ1v) is 6.10. The molecule has 94 valence electrons. The highest BCUT2D eigenvalue weighted by Gasteiger charge is 2.09. The molecule has 2 heterocycles. The number of nitrogens with one attached hydrogen (secondary N) is 3. The molecule has 2 amide bonds. The lowest BCUT2D eigenvalue weighted by atomic mass is 10.4. The summed E-state index contributed by atoms with van der Waals surface area (Å²) in [5, 5.41) is 6.02. The molecule has 0 aliphatic carbocycles. The number of hydrogen-bond acceptors (Lipinski definition) is 4. The molecule has 0 aliphatic rings. The molecule has 0 aromatic carbocycles. The molecule has 3 N–H and O–H groups in total. The fraction of sp³-hybridized carbons (Fsp3) is 0.182. The largest absolute Gasteiger partial charge is 0.347 e. The maximum atomic E-state index is 11.8. The summed E-state index contributed by atoms with van der Waals surface area (Å²) in [6.07, 6.45) is 3.32. The Hall–Kier alpha value is -2.15. The normalized spacial score (nSPS) is 10.1. The van der Waals surface area contributed by atoms with Gasteiger partial charge in [0, 0.05) is 19.3 Å². The first kappa shape index (κ1) is 12.3. The van der Waals surface area contributed by atoms with Crippen LogP contribution in [-0.2, 0) is 11.3 Å². The van der Waals surface area contributed by atoms with Gasteiger partial charge in [-0.3, -0.25) is 9.59 Å². The standard InChI is InChI=1S/C11H12N4O2S/c1-7(16)15-10-3-2-8(18-10)11(17)14-6-9-12-4-5-13-9/h2-5H,6H2,1H3,(H,12,13)(H,14,17)(H,15,16). The second kappa shape index (κ2) is 5.46. The molecular weight excluding hydrogens is 252 g/mol. The van der Waals surface area contributed by atoms with Crippen LogP contribution in [-0.4, -0.2) is 21.8 Å². The molecule has 2 aromatic rings. The smallest absolute Gasteiger partial charge is 0.261 e. The topological polar surface area (TPSA) is 86.9 Å². The summed E-state index contributed by atoms with van der Waals surface area (Å²) in [5.74, 6) is 0.356. The van der Waals surface area contributed by atoms with Gasteiger partial charge in [-0.05, 0) is 12.1 Å². The second-order valence-corrected chi connectivity index (χ2v) is 4.65. The average Bonchev–Trinajstić information content (AvgIpc) is 2.95. The Morgan fingerprint density at radius 3 is 2.94 bits per heavy atom. The number of rotatable bonds is 4. The van der Waals surface area contributed by atoms with E-state index < -0.39 is 0 Å². The number of carbonyl (C=O) groups excluding carboxylic acids is 2. The Bertz CT molecular complexity index is 547. The second-order valence-electron chi connectivity index (χ2n) is 3.56. The van der Waals surface area contributed by atoms with Crippen LogP contribution in [0.4, 0.5) is 5.00 Å². The number of aromatic amines is 1. The monoisotopic (exact) mass is 264 g/mol. The van der Waals surface area contributed by atoms with Gasteiger partial charge in [0.25, 0.3) is 5.91 Å². The van der Waals surface area contributed by atoms with E-state index in [9.17, 15) is 9.59 Å². The number of imidazole rings is 1. The summed E-state index contributed by atoms with van der Waals surface area (Å²) in [5.41, 5.74) is 0. The molecule has 2 rings (SSSR count). The lowest BCUT2D eigenvalue weighted by Crippen LogP contribution is -2.22. The Balaban J connectivity index is 1.92. The van der Waals surface area contributed by atoms with E-state index in [1.165, 1.54) is 18.3 Å². The molecule has 0 spiro atoms. The molecule has 6 nitrogen and oxygen atoms in total. The van der Waals surface area contributed by atoms with Crippen molar-refractivity contribution >= 4 is 28.2 Å². The van der Waals surface area contributed by atoms with E-state index in [1.54, 1.807) is 24.5 Å². The maximum absolute atomic E-state index is 11.8. The fourth-order valence-electron chi connectivity index (χ4n) is 1.35. The number of amides is 2. The summed E-state index contributed by atoms with van der Waals surface area (Å²) in [6.45, 7) is 1.77. The highest BCUT2D eigenvalue weighted by Crippen LogP contribution is 2.21. The van der Waals surface area contributed by atoms with Gasteiger partial charge in [0.05, 0.1) is 16.4 Å². The van der Waals surface area contributed by atoms with Gasteiger partial charge in [-0.1, -0.05) is 0 Å². The van der Waals surface area contributed by atoms with Gasteiger partial charge in [0.15, 0.2) is 0 Å². The number of nitrogens with zero attached hydrogens (tertiary/aromatic N) is 1. The third-order valence-electron chi connectivity index (χ3n) is 2.10. The minimum absolute atomic E-state index is 0.153. The summed E-state index contributed by atoms with van der Waals surface area (Å²) >= 11 is 1.23. The molecule has 0 saturated heterocycles. The highest BCUT2D eigenvalue weighted by atomic mass is 32.1. The van der Waals surface area contributed by atoms with Gasteiger partial charge >= 0.3 is 0 Å². The van der Waals surface area contributed by atoms with Gasteiger partial charge in [-0.2, -0.15) is 0 Å². The molecule has 7 heteroatoms. The van der Waals surface area contributed by atoms with Crippen LogP contribution in [0.3, 0.4) is 0 Å². The van der Waals surface area contributed by atoms with Crippen molar-refractivity contribution in [3.63, 3.8) is 0 Å². The Morgan fingerprint density at radius 1 is 1.44 bits per heavy atom. The Kier molecular flexibility index (Phi) is 3.73. The number of aromatic nitrogens is 2. The zero-order chi connectivity index (χ0) is 13.0. The number of hydrogen-bond donors (Lipinski definition) is 3. The molecule has 0 saturated carbocycles. The quantitative estimate of drug-likeness (QED) is 0.779. The van der Waals surface area contributed by atoms with E-state index in [2.05, 4.69) is 20.6 Å². The Labute approximate surface area is 107 Å². The van der Waals surface area contributed by atoms with E-state index >= 15 is 0 Å². The minimum atomic E-state index is -0.187. The molecule has 2 aromatic heterocycles. The van der Waals surface area contributed by atoms with Crippen molar-refractivity contribution in [1.29, 1.82) is 0 Å². The lowest BCUT2D eigenvalue weighted by Gasteiger charge is -2.00. The predicted molar refractivity (Wildman–Crippen MR) is 68.4 cm³/mol. The first-order valence-electron chi connectivity index (χ1n) is 5.29. The van der Waals surface area contributed by atoms with Crippen molar-refractivity contribution in [2.75, 3.05) is 5.32 Å². The van der Waals surface area contributed by atoms with Gasteiger partial charge in [-0.25, -0.2) is 4.98 Å². The molecule has 0 fully saturated rings. The van der Waals surface area contributed by atoms with Crippen molar-refractivity contribution in [1.82, 2.24) is 15.3 Å². The molecular formula is C11H12N4O2S. The summed E-state index contributed by atoms with van der Waals surface area (Å²) in [7, 11) is 0. The van der Waals surface area contributed by atoms with Crippen LogP contribution in [0.5, 0.6) is 0 Å². The van der Waals surface area contributed by atoms with Crippen LogP contribution in [0.1, 0.15) is 22.4 Å². The molecule has 18 heavy (non-hydrogen) atoms. The van der Waals surface area contributed by atoms with E-state index in [4.69, 9.17) is 0 Å². The van der Waals surface area contributed by atoms with Crippen LogP contribution in [0, 0.1) is 0 Å². The highest BCUT2D eigenvalue weighted by molar-refractivity contribution is 7.18. The van der Waals surface area contributed by atoms with Crippen molar-refractivity contribution in [3.8, 4) is 0 Å². The van der Waals surface area contributed by atoms with Crippen molar-refractivity contribution in [2.24, 2.45) is 0 Å². The molecule has 0 bridgehead atoms. The summed E-state index contributed by atoms with van der Waals surface area (Å²) in [4.78, 5) is 30.1. The fourth-order valence-corrected chi connectivity index (χ4v) is 2.22. The molecule has 0 atom stereocenters. The van der Waals surface area contributed by atoms with Crippen LogP contribution < -0.4 is 10.6 Å². The van der Waals surface area contributed by atoms with E-state index in [-0.39, 0.29) is 11.8 Å². The Morgan fingerprint density at radius 2 is 2.28 bits per heavy atom. The predicted octanol–water partition coefficient (Wildman–Crippen LogP) is 1.36. The van der Waals surface area contributed by atoms with Crippen LogP contribution in [0.2, 0.25) is 0 Å². The van der Waals surface area contributed by atoms with Crippen molar-refractivity contribution < 1.29 is 9.59 Å². The molecule has 0 radical (unpaired) electrons. The minimum Gasteiger partial charge on any atom is -0.347 e. The van der Waals surface area contributed by atoms with Crippen molar-refractivity contribution in [2.45, 2.75) is 13.5 Å². The number of thiophene rings is 1. The third-order valence-corrected chi connectivity index (χ3v) is 3.10. The van der Waals surface area contributed by atoms with Gasteiger partial charge < -0.3 is 15.6 Å². The maximum Gasteiger partial charge on any atom is 0.261 e.